The van der Waals surface area contributed by atoms with Crippen molar-refractivity contribution in [2.24, 2.45) is 0 Å². The summed E-state index contributed by atoms with van der Waals surface area (Å²) in [6.45, 7) is 0. The van der Waals surface area contributed by atoms with Crippen molar-refractivity contribution < 1.29 is 98.3 Å². The SMILES string of the molecule is CO.COC1=CCCC=C1C=O.COc1ccccc1C=C1c2ccccc2-c2ccc([N+](=O)[O-])cc21.O=[N+]([O-])c1ccc2c(c1)Cc1ccccc1-2.O[O][Al].[F-].[K+].[O]=[Al]. The monoisotopic (exact) mass is 871 g/mol. The van der Waals surface area contributed by atoms with E-state index in [1.54, 1.807) is 55.1 Å². The number of hydrogen-bond acceptors (Lipinski definition) is 11. The summed E-state index contributed by atoms with van der Waals surface area (Å²) in [5, 5.41) is 35.9. The van der Waals surface area contributed by atoms with Gasteiger partial charge in [-0.3, -0.25) is 30.3 Å². The zero-order valence-corrected chi connectivity index (χ0v) is 38.8. The summed E-state index contributed by atoms with van der Waals surface area (Å²) in [5.74, 6) is 1.48. The van der Waals surface area contributed by atoms with Gasteiger partial charge in [-0.15, -0.1) is 0 Å². The summed E-state index contributed by atoms with van der Waals surface area (Å²) < 4.78 is 21.7. The van der Waals surface area contributed by atoms with Gasteiger partial charge in [0.2, 0.25) is 0 Å². The van der Waals surface area contributed by atoms with Gasteiger partial charge in [0.15, 0.2) is 6.29 Å². The summed E-state index contributed by atoms with van der Waals surface area (Å²) in [4.78, 5) is 31.5. The zero-order chi connectivity index (χ0) is 42.6. The number of carbonyl (C=O) groups is 1. The number of carbonyl (C=O) groups excluding carboxylic acids is 1. The van der Waals surface area contributed by atoms with Gasteiger partial charge in [0.25, 0.3) is 11.4 Å². The van der Waals surface area contributed by atoms with Crippen molar-refractivity contribution in [1.29, 1.82) is 0 Å². The summed E-state index contributed by atoms with van der Waals surface area (Å²) in [7, 11) is 4.22. The first-order valence-corrected chi connectivity index (χ1v) is 18.4. The van der Waals surface area contributed by atoms with E-state index in [1.165, 1.54) is 27.4 Å². The molecule has 60 heavy (non-hydrogen) atoms. The number of allylic oxidation sites excluding steroid dienone is 3. The number of halogens is 1. The second kappa shape index (κ2) is 28.3. The number of nitro groups is 2. The maximum absolute atomic E-state index is 11.2. The Morgan fingerprint density at radius 2 is 1.17 bits per heavy atom. The van der Waals surface area contributed by atoms with Crippen LogP contribution in [0.5, 0.6) is 5.75 Å². The van der Waals surface area contributed by atoms with Gasteiger partial charge in [0, 0.05) is 36.9 Å². The van der Waals surface area contributed by atoms with Gasteiger partial charge in [-0.2, -0.15) is 0 Å². The van der Waals surface area contributed by atoms with Crippen LogP contribution in [0.1, 0.15) is 40.7 Å². The normalized spacial score (nSPS) is 12.1. The molecule has 0 saturated heterocycles. The van der Waals surface area contributed by atoms with Gasteiger partial charge < -0.3 is 23.2 Å². The van der Waals surface area contributed by atoms with Crippen LogP contribution >= 0.6 is 0 Å². The number of aliphatic hydroxyl groups is 1. The first-order chi connectivity index (χ1) is 28.2. The number of ether oxygens (including phenoxy) is 2. The summed E-state index contributed by atoms with van der Waals surface area (Å²) in [6, 6.07) is 34.1. The van der Waals surface area contributed by atoms with Crippen LogP contribution in [0, 0.1) is 20.2 Å². The molecule has 0 amide bonds. The van der Waals surface area contributed by atoms with Gasteiger partial charge in [-0.1, -0.05) is 72.8 Å². The number of hydrogen-bond donors (Lipinski definition) is 2. The Morgan fingerprint density at radius 3 is 1.75 bits per heavy atom. The molecule has 0 bridgehead atoms. The Bertz CT molecular complexity index is 2320. The van der Waals surface area contributed by atoms with E-state index in [0.29, 0.717) is 11.3 Å². The Morgan fingerprint density at radius 1 is 0.667 bits per heavy atom. The molecule has 3 aliphatic carbocycles. The quantitative estimate of drug-likeness (QED) is 0.0822. The van der Waals surface area contributed by atoms with Crippen LogP contribution in [0.25, 0.3) is 33.9 Å². The molecule has 0 saturated carbocycles. The molecular weight excluding hydrogens is 833 g/mol. The Balaban J connectivity index is 0.000000444. The number of aldehydes is 1. The first-order valence-electron chi connectivity index (χ1n) is 17.4. The molecule has 0 spiro atoms. The molecule has 0 atom stereocenters. The maximum atomic E-state index is 11.2. The molecule has 5 aromatic rings. The molecule has 301 valence electrons. The van der Waals surface area contributed by atoms with E-state index in [9.17, 15) is 25.0 Å². The zero-order valence-electron chi connectivity index (χ0n) is 33.3. The van der Waals surface area contributed by atoms with Crippen LogP contribution in [0.2, 0.25) is 0 Å². The molecule has 13 nitrogen and oxygen atoms in total. The predicted molar refractivity (Wildman–Crippen MR) is 222 cm³/mol. The molecule has 0 unspecified atom stereocenters. The van der Waals surface area contributed by atoms with Gasteiger partial charge in [0.1, 0.15) is 11.5 Å². The minimum atomic E-state index is -0.357. The van der Waals surface area contributed by atoms with E-state index in [0.717, 1.165) is 82.9 Å². The van der Waals surface area contributed by atoms with E-state index >= 15 is 0 Å². The third-order valence-corrected chi connectivity index (χ3v) is 8.93. The van der Waals surface area contributed by atoms with Crippen molar-refractivity contribution in [2.75, 3.05) is 21.3 Å². The number of nitrogens with zero attached hydrogens (tertiary/aromatic N) is 2. The molecular formula is C43H39Al2FKN2O11. The Hall–Kier alpha value is -4.30. The molecule has 8 rings (SSSR count). The van der Waals surface area contributed by atoms with Crippen molar-refractivity contribution >= 4 is 62.2 Å². The number of nitro benzene ring substituents is 2. The third-order valence-electron chi connectivity index (χ3n) is 8.93. The van der Waals surface area contributed by atoms with Gasteiger partial charge in [-0.05, 0) is 99.7 Å². The van der Waals surface area contributed by atoms with E-state index in [1.807, 2.05) is 91.0 Å². The summed E-state index contributed by atoms with van der Waals surface area (Å²) >= 11 is 2.80. The van der Waals surface area contributed by atoms with E-state index < -0.39 is 0 Å². The number of non-ortho nitro benzene ring substituents is 2. The van der Waals surface area contributed by atoms with Crippen molar-refractivity contribution in [3.05, 3.63) is 181 Å². The van der Waals surface area contributed by atoms with Crippen molar-refractivity contribution in [1.82, 2.24) is 0 Å². The average molecular weight is 872 g/mol. The number of para-hydroxylation sites is 1. The third kappa shape index (κ3) is 13.9. The summed E-state index contributed by atoms with van der Waals surface area (Å²) in [5.41, 5.74) is 11.5. The van der Waals surface area contributed by atoms with Gasteiger partial charge >= 0.3 is 88.0 Å². The number of rotatable bonds is 6. The van der Waals surface area contributed by atoms with Gasteiger partial charge in [-0.25, -0.2) is 0 Å². The van der Waals surface area contributed by atoms with E-state index in [4.69, 9.17) is 23.6 Å². The fourth-order valence-electron chi connectivity index (χ4n) is 6.52. The van der Waals surface area contributed by atoms with Crippen LogP contribution in [-0.4, -0.2) is 80.7 Å². The van der Waals surface area contributed by atoms with Crippen LogP contribution in [0.4, 0.5) is 11.4 Å². The molecule has 3 aliphatic rings. The number of fused-ring (bicyclic) bond motifs is 6. The Labute approximate surface area is 405 Å². The molecule has 5 aromatic carbocycles. The Kier molecular flexibility index (Phi) is 25.3. The van der Waals surface area contributed by atoms with E-state index in [2.05, 4.69) is 16.1 Å². The van der Waals surface area contributed by atoms with Crippen LogP contribution in [0.3, 0.4) is 0 Å². The second-order valence-corrected chi connectivity index (χ2v) is 12.2. The van der Waals surface area contributed by atoms with E-state index in [-0.39, 0.29) is 77.3 Å². The summed E-state index contributed by atoms with van der Waals surface area (Å²) in [6.07, 6.45) is 9.41. The number of methoxy groups -OCH3 is 2. The molecule has 3 radical (unpaired) electrons. The molecule has 17 heteroatoms. The predicted octanol–water partition coefficient (Wildman–Crippen LogP) is 2.45. The van der Waals surface area contributed by atoms with Crippen LogP contribution in [0.15, 0.2) is 133 Å². The van der Waals surface area contributed by atoms with Crippen molar-refractivity contribution in [3.8, 4) is 28.0 Å². The number of benzene rings is 5. The second-order valence-electron chi connectivity index (χ2n) is 12.0. The molecule has 0 fully saturated rings. The fraction of sp³-hybridized carbons (Fsp3) is 0.140. The van der Waals surface area contributed by atoms with Crippen LogP contribution in [-0.2, 0) is 23.7 Å². The molecule has 0 aromatic heterocycles. The molecule has 2 N–H and O–H groups in total. The standard InChI is InChI=1S/C21H15NO3.C13H9NO2.C8H10O2.CH4O.2Al.FH.K.H2O2.O/c1-25-21-9-5-2-6-14(21)12-19-17-8-4-3-7-16(17)18-11-10-15(22(23)24)13-20(18)19;15-14(16)11-5-6-13-10(8-11)7-9-3-1-2-4-12(9)13;1-10-8-5-3-2-4-7(8)6-9;1-2;;;;;1-2;/h2-13H,1H3;1-6,8H,7H2;4-6H,2-3H2,1H3;2H,1H3;;;1H;;1-2H;/q;;;;;+1;;+1;;/p-2. The van der Waals surface area contributed by atoms with Crippen LogP contribution < -0.4 is 60.8 Å². The molecule has 0 aliphatic heterocycles. The average Bonchev–Trinajstić information content (AvgIpc) is 3.80. The van der Waals surface area contributed by atoms with Crippen molar-refractivity contribution in [2.45, 2.75) is 19.3 Å². The number of aliphatic hydroxyl groups excluding tert-OH is 1. The fourth-order valence-corrected chi connectivity index (χ4v) is 6.52. The first kappa shape index (κ1) is 53.7. The minimum absolute atomic E-state index is 0. The topological polar surface area (TPSA) is 189 Å². The molecule has 0 heterocycles. The van der Waals surface area contributed by atoms with Gasteiger partial charge in [0.05, 0.1) is 29.6 Å². The van der Waals surface area contributed by atoms with Crippen molar-refractivity contribution in [3.63, 3.8) is 0 Å².